The lowest BCUT2D eigenvalue weighted by molar-refractivity contribution is 0.0921. The highest BCUT2D eigenvalue weighted by Gasteiger charge is 2.25. The number of hydrogen-bond donors (Lipinski definition) is 3. The smallest absolute Gasteiger partial charge is 0.265 e. The normalized spacial score (nSPS) is 20.9. The van der Waals surface area contributed by atoms with Crippen LogP contribution in [0, 0.1) is 0 Å². The maximum absolute atomic E-state index is 12.3. The molecule has 7 heteroatoms. The first-order valence-corrected chi connectivity index (χ1v) is 7.95. The van der Waals surface area contributed by atoms with Crippen LogP contribution in [-0.4, -0.2) is 48.0 Å². The number of amides is 1. The minimum atomic E-state index is -0.0848. The number of nitrogens with two attached hydrogens (primary N) is 1. The highest BCUT2D eigenvalue weighted by Crippen LogP contribution is 2.30. The van der Waals surface area contributed by atoms with Crippen LogP contribution in [0.3, 0.4) is 0 Å². The van der Waals surface area contributed by atoms with Crippen molar-refractivity contribution in [3.8, 4) is 0 Å². The Hall–Kier alpha value is -1.34. The van der Waals surface area contributed by atoms with Gasteiger partial charge in [-0.1, -0.05) is 11.3 Å². The Bertz CT molecular complexity index is 491. The van der Waals surface area contributed by atoms with Crippen LogP contribution in [0.5, 0.6) is 0 Å². The third-order valence-electron chi connectivity index (χ3n) is 3.82. The van der Waals surface area contributed by atoms with Gasteiger partial charge in [0, 0.05) is 12.1 Å². The average molecular weight is 295 g/mol. The molecule has 0 atom stereocenters. The van der Waals surface area contributed by atoms with Gasteiger partial charge in [-0.25, -0.2) is 4.98 Å². The lowest BCUT2D eigenvalue weighted by atomic mass is 10.1. The number of carbonyl (C=O) groups is 1. The Labute approximate surface area is 122 Å². The quantitative estimate of drug-likeness (QED) is 0.775. The molecule has 0 spiro atoms. The summed E-state index contributed by atoms with van der Waals surface area (Å²) in [5.41, 5.74) is 5.86. The summed E-state index contributed by atoms with van der Waals surface area (Å²) in [5, 5.41) is 7.12. The molecule has 0 bridgehead atoms. The zero-order valence-electron chi connectivity index (χ0n) is 11.7. The van der Waals surface area contributed by atoms with Crippen LogP contribution in [0.1, 0.15) is 35.4 Å². The van der Waals surface area contributed by atoms with E-state index in [4.69, 9.17) is 5.73 Å². The van der Waals surface area contributed by atoms with Crippen molar-refractivity contribution in [1.29, 1.82) is 0 Å². The molecule has 1 aliphatic heterocycles. The molecule has 1 aliphatic carbocycles. The number of hydrogen-bond acceptors (Lipinski definition) is 6. The largest absolute Gasteiger partial charge is 0.382 e. The number of piperidine rings is 1. The molecular weight excluding hydrogens is 274 g/mol. The van der Waals surface area contributed by atoms with Gasteiger partial charge in [-0.2, -0.15) is 0 Å². The highest BCUT2D eigenvalue weighted by atomic mass is 32.1. The Morgan fingerprint density at radius 3 is 2.65 bits per heavy atom. The lowest BCUT2D eigenvalue weighted by Gasteiger charge is -2.29. The molecule has 0 radical (unpaired) electrons. The molecule has 2 heterocycles. The van der Waals surface area contributed by atoms with Crippen molar-refractivity contribution < 1.29 is 4.79 Å². The first-order valence-electron chi connectivity index (χ1n) is 7.14. The van der Waals surface area contributed by atoms with E-state index in [-0.39, 0.29) is 11.9 Å². The Kier molecular flexibility index (Phi) is 3.80. The van der Waals surface area contributed by atoms with Crippen LogP contribution in [-0.2, 0) is 0 Å². The number of nitrogen functional groups attached to an aromatic ring is 1. The molecule has 2 fully saturated rings. The van der Waals surface area contributed by atoms with E-state index in [1.54, 1.807) is 0 Å². The number of rotatable bonds is 4. The van der Waals surface area contributed by atoms with Crippen molar-refractivity contribution in [3.05, 3.63) is 4.88 Å². The van der Waals surface area contributed by atoms with Crippen molar-refractivity contribution in [2.24, 2.45) is 0 Å². The van der Waals surface area contributed by atoms with Gasteiger partial charge in [0.1, 0.15) is 10.7 Å². The maximum atomic E-state index is 12.3. The van der Waals surface area contributed by atoms with Crippen LogP contribution in [0.4, 0.5) is 10.9 Å². The summed E-state index contributed by atoms with van der Waals surface area (Å²) < 4.78 is 0. The van der Waals surface area contributed by atoms with Gasteiger partial charge in [-0.05, 0) is 45.8 Å². The number of thiazole rings is 1. The van der Waals surface area contributed by atoms with Crippen LogP contribution >= 0.6 is 11.3 Å². The third kappa shape index (κ3) is 3.21. The van der Waals surface area contributed by atoms with Gasteiger partial charge in [0.15, 0.2) is 5.13 Å². The van der Waals surface area contributed by atoms with E-state index < -0.39 is 0 Å². The molecule has 20 heavy (non-hydrogen) atoms. The summed E-state index contributed by atoms with van der Waals surface area (Å²) >= 11 is 1.36. The molecule has 110 valence electrons. The molecule has 4 N–H and O–H groups in total. The standard InChI is InChI=1S/C13H21N5OS/c1-18-6-4-9(5-7-18)15-12(19)10-11(14)17-13(20-10)16-8-2-3-8/h8-9H,2-7,14H2,1H3,(H,15,19)(H,16,17). The van der Waals surface area contributed by atoms with E-state index in [2.05, 4.69) is 27.6 Å². The fourth-order valence-electron chi connectivity index (χ4n) is 2.36. The summed E-state index contributed by atoms with van der Waals surface area (Å²) in [4.78, 5) is 19.3. The molecule has 1 saturated carbocycles. The van der Waals surface area contributed by atoms with Crippen molar-refractivity contribution in [2.45, 2.75) is 37.8 Å². The Morgan fingerprint density at radius 1 is 1.30 bits per heavy atom. The number of nitrogens with one attached hydrogen (secondary N) is 2. The van der Waals surface area contributed by atoms with Crippen LogP contribution in [0.15, 0.2) is 0 Å². The number of anilines is 2. The molecule has 3 rings (SSSR count). The molecule has 0 aromatic carbocycles. The van der Waals surface area contributed by atoms with Crippen LogP contribution < -0.4 is 16.4 Å². The maximum Gasteiger partial charge on any atom is 0.265 e. The molecule has 0 unspecified atom stereocenters. The van der Waals surface area contributed by atoms with Gasteiger partial charge < -0.3 is 21.3 Å². The minimum Gasteiger partial charge on any atom is -0.382 e. The van der Waals surface area contributed by atoms with Gasteiger partial charge in [0.2, 0.25) is 0 Å². The first-order chi connectivity index (χ1) is 9.61. The lowest BCUT2D eigenvalue weighted by Crippen LogP contribution is -2.43. The molecule has 1 amide bonds. The fraction of sp³-hybridized carbons (Fsp3) is 0.692. The second kappa shape index (κ2) is 5.57. The van der Waals surface area contributed by atoms with Gasteiger partial charge in [-0.15, -0.1) is 0 Å². The van der Waals surface area contributed by atoms with E-state index in [0.717, 1.165) is 31.1 Å². The van der Waals surface area contributed by atoms with Crippen LogP contribution in [0.2, 0.25) is 0 Å². The molecule has 1 saturated heterocycles. The highest BCUT2D eigenvalue weighted by molar-refractivity contribution is 7.18. The van der Waals surface area contributed by atoms with Gasteiger partial charge in [0.05, 0.1) is 0 Å². The Morgan fingerprint density at radius 2 is 2.00 bits per heavy atom. The van der Waals surface area contributed by atoms with E-state index in [9.17, 15) is 4.79 Å². The van der Waals surface area contributed by atoms with E-state index >= 15 is 0 Å². The zero-order valence-corrected chi connectivity index (χ0v) is 12.5. The first kappa shape index (κ1) is 13.6. The molecule has 1 aromatic heterocycles. The van der Waals surface area contributed by atoms with Gasteiger partial charge in [0.25, 0.3) is 5.91 Å². The fourth-order valence-corrected chi connectivity index (χ4v) is 3.23. The molecule has 2 aliphatic rings. The zero-order chi connectivity index (χ0) is 14.1. The minimum absolute atomic E-state index is 0.0848. The summed E-state index contributed by atoms with van der Waals surface area (Å²) in [6, 6.07) is 0.769. The molecule has 1 aromatic rings. The predicted octanol–water partition coefficient (Wildman–Crippen LogP) is 1.12. The van der Waals surface area contributed by atoms with Crippen molar-refractivity contribution >= 4 is 28.2 Å². The SMILES string of the molecule is CN1CCC(NC(=O)c2sc(NC3CC3)nc2N)CC1. The van der Waals surface area contributed by atoms with E-state index in [0.29, 0.717) is 16.7 Å². The summed E-state index contributed by atoms with van der Waals surface area (Å²) in [7, 11) is 2.11. The summed E-state index contributed by atoms with van der Waals surface area (Å²) in [6.45, 7) is 2.05. The number of carbonyl (C=O) groups excluding carboxylic acids is 1. The second-order valence-corrected chi connectivity index (χ2v) is 6.70. The van der Waals surface area contributed by atoms with Crippen molar-refractivity contribution in [1.82, 2.24) is 15.2 Å². The van der Waals surface area contributed by atoms with Crippen LogP contribution in [0.25, 0.3) is 0 Å². The van der Waals surface area contributed by atoms with Gasteiger partial charge >= 0.3 is 0 Å². The molecule has 6 nitrogen and oxygen atoms in total. The summed E-state index contributed by atoms with van der Waals surface area (Å²) in [6.07, 6.45) is 4.34. The number of likely N-dealkylation sites (tertiary alicyclic amines) is 1. The van der Waals surface area contributed by atoms with E-state index in [1.807, 2.05) is 0 Å². The number of nitrogens with zero attached hydrogens (tertiary/aromatic N) is 2. The second-order valence-electron chi connectivity index (χ2n) is 5.70. The third-order valence-corrected chi connectivity index (χ3v) is 4.82. The van der Waals surface area contributed by atoms with Gasteiger partial charge in [-0.3, -0.25) is 4.79 Å². The average Bonchev–Trinajstić information content (AvgIpc) is 3.14. The Balaban J connectivity index is 1.59. The van der Waals surface area contributed by atoms with E-state index in [1.165, 1.54) is 24.2 Å². The van der Waals surface area contributed by atoms with Crippen molar-refractivity contribution in [3.63, 3.8) is 0 Å². The summed E-state index contributed by atoms with van der Waals surface area (Å²) in [5.74, 6) is 0.252. The molecular formula is C13H21N5OS. The topological polar surface area (TPSA) is 83.3 Å². The predicted molar refractivity (Wildman–Crippen MR) is 81.2 cm³/mol. The number of aromatic nitrogens is 1. The van der Waals surface area contributed by atoms with Crippen molar-refractivity contribution in [2.75, 3.05) is 31.2 Å². The monoisotopic (exact) mass is 295 g/mol.